The van der Waals surface area contributed by atoms with Gasteiger partial charge in [0, 0.05) is 29.3 Å². The lowest BCUT2D eigenvalue weighted by molar-refractivity contribution is 0.0534. The number of amides is 1. The molecule has 1 aliphatic rings. The number of ether oxygens (including phenoxy) is 2. The van der Waals surface area contributed by atoms with Gasteiger partial charge in [-0.2, -0.15) is 5.10 Å². The monoisotopic (exact) mass is 416 g/mol. The topological polar surface area (TPSA) is 69.5 Å². The predicted octanol–water partition coefficient (Wildman–Crippen LogP) is 3.37. The maximum Gasteiger partial charge on any atom is 0.255 e. The predicted molar refractivity (Wildman–Crippen MR) is 106 cm³/mol. The van der Waals surface area contributed by atoms with Crippen LogP contribution in [0.15, 0.2) is 36.7 Å². The molecule has 0 unspecified atom stereocenters. The number of methoxy groups -OCH3 is 2. The fraction of sp³-hybridized carbons (Fsp3) is 0.381. The minimum atomic E-state index is -2.56. The number of rotatable bonds is 8. The van der Waals surface area contributed by atoms with Gasteiger partial charge in [0.15, 0.2) is 5.65 Å². The molecule has 3 aromatic rings. The fourth-order valence-corrected chi connectivity index (χ4v) is 3.45. The molecular weight excluding hydrogens is 394 g/mol. The Balaban J connectivity index is 1.59. The van der Waals surface area contributed by atoms with Gasteiger partial charge < -0.3 is 14.4 Å². The smallest absolute Gasteiger partial charge is 0.255 e. The lowest BCUT2D eigenvalue weighted by Crippen LogP contribution is -2.37. The van der Waals surface area contributed by atoms with Crippen molar-refractivity contribution in [3.63, 3.8) is 0 Å². The van der Waals surface area contributed by atoms with Gasteiger partial charge in [0.25, 0.3) is 12.3 Å². The van der Waals surface area contributed by atoms with Crippen molar-refractivity contribution in [2.75, 3.05) is 20.8 Å². The van der Waals surface area contributed by atoms with Crippen LogP contribution in [-0.4, -0.2) is 58.8 Å². The molecule has 7 nitrogen and oxygen atoms in total. The Morgan fingerprint density at radius 2 is 2.03 bits per heavy atom. The van der Waals surface area contributed by atoms with Crippen LogP contribution in [0.2, 0.25) is 0 Å². The zero-order valence-electron chi connectivity index (χ0n) is 16.7. The number of hydrogen-bond acceptors (Lipinski definition) is 5. The Hall–Kier alpha value is -3.23. The second-order valence-electron chi connectivity index (χ2n) is 7.20. The number of nitrogens with zero attached hydrogens (tertiary/aromatic N) is 4. The summed E-state index contributed by atoms with van der Waals surface area (Å²) in [5, 5.41) is 5.04. The van der Waals surface area contributed by atoms with Crippen LogP contribution in [0.25, 0.3) is 11.0 Å². The summed E-state index contributed by atoms with van der Waals surface area (Å²) in [6.07, 6.45) is 2.00. The molecule has 158 valence electrons. The van der Waals surface area contributed by atoms with Gasteiger partial charge in [-0.25, -0.2) is 18.4 Å². The first-order chi connectivity index (χ1) is 14.5. The number of fused-ring (bicyclic) bond motifs is 1. The van der Waals surface area contributed by atoms with Crippen LogP contribution in [0.1, 0.15) is 28.8 Å². The average molecular weight is 416 g/mol. The molecule has 1 amide bonds. The standard InChI is InChI=1S/C21H22F2N4O3/c1-29-17-6-3-13(18(8-17)30-2)11-27-20-14(10-25-27)7-15(9-24-20)21(28)26(12-19(22)23)16-4-5-16/h3,6-10,16,19H,4-5,11-12H2,1-2H3. The van der Waals surface area contributed by atoms with Gasteiger partial charge >= 0.3 is 0 Å². The van der Waals surface area contributed by atoms with Crippen molar-refractivity contribution in [3.05, 3.63) is 47.8 Å². The van der Waals surface area contributed by atoms with Crippen molar-refractivity contribution in [1.29, 1.82) is 0 Å². The Kier molecular flexibility index (Phi) is 5.52. The van der Waals surface area contributed by atoms with E-state index in [-0.39, 0.29) is 11.6 Å². The molecule has 0 saturated heterocycles. The summed E-state index contributed by atoms with van der Waals surface area (Å²) >= 11 is 0. The molecule has 1 aromatic carbocycles. The molecule has 30 heavy (non-hydrogen) atoms. The van der Waals surface area contributed by atoms with Gasteiger partial charge in [-0.15, -0.1) is 0 Å². The summed E-state index contributed by atoms with van der Waals surface area (Å²) in [7, 11) is 3.17. The average Bonchev–Trinajstić information content (AvgIpc) is 3.52. The number of aromatic nitrogens is 3. The lowest BCUT2D eigenvalue weighted by Gasteiger charge is -2.21. The molecule has 0 radical (unpaired) electrons. The minimum absolute atomic E-state index is 0.104. The normalized spacial score (nSPS) is 13.6. The molecule has 0 aliphatic heterocycles. The fourth-order valence-electron chi connectivity index (χ4n) is 3.45. The van der Waals surface area contributed by atoms with E-state index in [0.29, 0.717) is 29.1 Å². The van der Waals surface area contributed by atoms with Gasteiger partial charge in [-0.3, -0.25) is 4.79 Å². The molecule has 0 N–H and O–H groups in total. The molecule has 0 spiro atoms. The van der Waals surface area contributed by atoms with Gasteiger partial charge in [0.2, 0.25) is 0 Å². The van der Waals surface area contributed by atoms with Crippen LogP contribution in [-0.2, 0) is 6.54 Å². The summed E-state index contributed by atoms with van der Waals surface area (Å²) < 4.78 is 38.1. The van der Waals surface area contributed by atoms with E-state index < -0.39 is 18.9 Å². The number of hydrogen-bond donors (Lipinski definition) is 0. The summed E-state index contributed by atoms with van der Waals surface area (Å²) in [6.45, 7) is -0.144. The summed E-state index contributed by atoms with van der Waals surface area (Å²) in [4.78, 5) is 18.4. The van der Waals surface area contributed by atoms with E-state index in [9.17, 15) is 13.6 Å². The quantitative estimate of drug-likeness (QED) is 0.563. The van der Waals surface area contributed by atoms with Crippen LogP contribution < -0.4 is 9.47 Å². The number of halogens is 2. The van der Waals surface area contributed by atoms with Crippen LogP contribution in [0.3, 0.4) is 0 Å². The van der Waals surface area contributed by atoms with Gasteiger partial charge in [0.1, 0.15) is 11.5 Å². The van der Waals surface area contributed by atoms with E-state index in [1.807, 2.05) is 12.1 Å². The highest BCUT2D eigenvalue weighted by molar-refractivity contribution is 5.97. The van der Waals surface area contributed by atoms with Crippen molar-refractivity contribution in [2.45, 2.75) is 31.9 Å². The van der Waals surface area contributed by atoms with Gasteiger partial charge in [-0.1, -0.05) is 0 Å². The van der Waals surface area contributed by atoms with Gasteiger partial charge in [0.05, 0.1) is 39.1 Å². The molecule has 1 fully saturated rings. The first kappa shape index (κ1) is 20.1. The summed E-state index contributed by atoms with van der Waals surface area (Å²) in [5.41, 5.74) is 1.77. The van der Waals surface area contributed by atoms with Crippen molar-refractivity contribution < 1.29 is 23.0 Å². The summed E-state index contributed by atoms with van der Waals surface area (Å²) in [6, 6.07) is 7.07. The Labute approximate surface area is 172 Å². The molecule has 9 heteroatoms. The molecule has 1 saturated carbocycles. The Morgan fingerprint density at radius 1 is 1.23 bits per heavy atom. The number of benzene rings is 1. The highest BCUT2D eigenvalue weighted by atomic mass is 19.3. The van der Waals surface area contributed by atoms with E-state index in [1.165, 1.54) is 11.1 Å². The van der Waals surface area contributed by atoms with E-state index >= 15 is 0 Å². The first-order valence-corrected chi connectivity index (χ1v) is 9.61. The molecular formula is C21H22F2N4O3. The molecule has 2 heterocycles. The molecule has 0 atom stereocenters. The van der Waals surface area contributed by atoms with E-state index in [1.54, 1.807) is 37.2 Å². The largest absolute Gasteiger partial charge is 0.497 e. The number of alkyl halides is 2. The third kappa shape index (κ3) is 4.05. The molecule has 1 aliphatic carbocycles. The zero-order chi connectivity index (χ0) is 21.3. The van der Waals surface area contributed by atoms with Crippen LogP contribution in [0.5, 0.6) is 11.5 Å². The Morgan fingerprint density at radius 3 is 2.70 bits per heavy atom. The molecule has 0 bridgehead atoms. The van der Waals surface area contributed by atoms with E-state index in [0.717, 1.165) is 18.4 Å². The van der Waals surface area contributed by atoms with Crippen LogP contribution in [0.4, 0.5) is 8.78 Å². The van der Waals surface area contributed by atoms with Gasteiger partial charge in [-0.05, 0) is 31.0 Å². The molecule has 2 aromatic heterocycles. The summed E-state index contributed by atoms with van der Waals surface area (Å²) in [5.74, 6) is 0.930. The van der Waals surface area contributed by atoms with Crippen molar-refractivity contribution in [3.8, 4) is 11.5 Å². The number of carbonyl (C=O) groups excluding carboxylic acids is 1. The highest BCUT2D eigenvalue weighted by Gasteiger charge is 2.34. The van der Waals surface area contributed by atoms with E-state index in [2.05, 4.69) is 10.1 Å². The van der Waals surface area contributed by atoms with Crippen molar-refractivity contribution in [2.24, 2.45) is 0 Å². The lowest BCUT2D eigenvalue weighted by atomic mass is 10.2. The zero-order valence-corrected chi connectivity index (χ0v) is 16.7. The van der Waals surface area contributed by atoms with Crippen LogP contribution in [0, 0.1) is 0 Å². The molecule has 4 rings (SSSR count). The maximum atomic E-state index is 12.9. The first-order valence-electron chi connectivity index (χ1n) is 9.61. The number of carbonyl (C=O) groups is 1. The maximum absolute atomic E-state index is 12.9. The SMILES string of the molecule is COc1ccc(Cn2ncc3cc(C(=O)N(CC(F)F)C4CC4)cnc32)c(OC)c1. The number of pyridine rings is 1. The highest BCUT2D eigenvalue weighted by Crippen LogP contribution is 2.30. The minimum Gasteiger partial charge on any atom is -0.497 e. The van der Waals surface area contributed by atoms with Crippen molar-refractivity contribution >= 4 is 16.9 Å². The van der Waals surface area contributed by atoms with E-state index in [4.69, 9.17) is 9.47 Å². The Bertz CT molecular complexity index is 1070. The third-order valence-corrected chi connectivity index (χ3v) is 5.12. The van der Waals surface area contributed by atoms with Crippen LogP contribution >= 0.6 is 0 Å². The van der Waals surface area contributed by atoms with Crippen molar-refractivity contribution in [1.82, 2.24) is 19.7 Å². The second kappa shape index (κ2) is 8.25. The second-order valence-corrected chi connectivity index (χ2v) is 7.20. The third-order valence-electron chi connectivity index (χ3n) is 5.12.